The molecule has 118 valence electrons. The first kappa shape index (κ1) is 14.3. The summed E-state index contributed by atoms with van der Waals surface area (Å²) in [6, 6.07) is 7.59. The molecular weight excluding hydrogens is 270 g/mol. The Hall–Kier alpha value is -1.28. The van der Waals surface area contributed by atoms with Crippen molar-refractivity contribution in [1.82, 2.24) is 4.90 Å². The van der Waals surface area contributed by atoms with Crippen LogP contribution in [0.4, 0.5) is 0 Å². The Morgan fingerprint density at radius 2 is 2.27 bits per heavy atom. The van der Waals surface area contributed by atoms with E-state index in [2.05, 4.69) is 36.7 Å². The maximum absolute atomic E-state index is 5.83. The standard InChI is InChI=1S/C20H27NO/c1-3-12-22-16-8-7-15-13-19-17-6-4-5-9-20(17,18(15)14-16)10-11-21(19)2/h3,7-8,14,17,19H,1,4-6,9-13H2,2H3/t17?,19?,20-/m1/s1. The van der Waals surface area contributed by atoms with E-state index in [1.807, 2.05) is 6.08 Å². The van der Waals surface area contributed by atoms with Gasteiger partial charge in [-0.15, -0.1) is 0 Å². The maximum Gasteiger partial charge on any atom is 0.120 e. The fraction of sp³-hybridized carbons (Fsp3) is 0.600. The van der Waals surface area contributed by atoms with Gasteiger partial charge in [0.25, 0.3) is 0 Å². The van der Waals surface area contributed by atoms with E-state index in [1.54, 1.807) is 11.1 Å². The van der Waals surface area contributed by atoms with Crippen LogP contribution in [0.3, 0.4) is 0 Å². The Morgan fingerprint density at radius 1 is 1.36 bits per heavy atom. The number of piperidine rings is 1. The van der Waals surface area contributed by atoms with Gasteiger partial charge in [-0.05, 0) is 68.5 Å². The van der Waals surface area contributed by atoms with E-state index < -0.39 is 0 Å². The molecule has 3 atom stereocenters. The third-order valence-electron chi connectivity index (χ3n) is 6.45. The first-order valence-corrected chi connectivity index (χ1v) is 8.82. The number of nitrogens with zero attached hydrogens (tertiary/aromatic N) is 1. The van der Waals surface area contributed by atoms with E-state index in [4.69, 9.17) is 4.74 Å². The van der Waals surface area contributed by atoms with E-state index in [0.717, 1.165) is 17.7 Å². The molecule has 3 aliphatic rings. The molecule has 1 aliphatic heterocycles. The van der Waals surface area contributed by atoms with Gasteiger partial charge in [-0.1, -0.05) is 31.6 Å². The average molecular weight is 297 g/mol. The second-order valence-corrected chi connectivity index (χ2v) is 7.43. The van der Waals surface area contributed by atoms with Crippen LogP contribution in [0.2, 0.25) is 0 Å². The quantitative estimate of drug-likeness (QED) is 0.784. The SMILES string of the molecule is C=CCOc1ccc2c(c1)[C@@]13CCCCC1C(C2)N(C)CC3. The lowest BCUT2D eigenvalue weighted by Gasteiger charge is -2.58. The molecule has 1 aromatic rings. The first-order valence-electron chi connectivity index (χ1n) is 8.82. The number of likely N-dealkylation sites (N-methyl/N-ethyl adjacent to an activating group) is 1. The van der Waals surface area contributed by atoms with Gasteiger partial charge in [0, 0.05) is 11.5 Å². The monoisotopic (exact) mass is 297 g/mol. The summed E-state index contributed by atoms with van der Waals surface area (Å²) in [5.74, 6) is 1.87. The molecule has 0 spiro atoms. The van der Waals surface area contributed by atoms with Crippen molar-refractivity contribution in [2.24, 2.45) is 5.92 Å². The van der Waals surface area contributed by atoms with Crippen LogP contribution >= 0.6 is 0 Å². The summed E-state index contributed by atoms with van der Waals surface area (Å²) < 4.78 is 5.83. The van der Waals surface area contributed by atoms with Crippen molar-refractivity contribution < 1.29 is 4.74 Å². The summed E-state index contributed by atoms with van der Waals surface area (Å²) in [4.78, 5) is 2.62. The Labute approximate surface area is 134 Å². The highest BCUT2D eigenvalue weighted by Crippen LogP contribution is 2.55. The zero-order valence-electron chi connectivity index (χ0n) is 13.7. The van der Waals surface area contributed by atoms with Crippen molar-refractivity contribution in [3.05, 3.63) is 42.0 Å². The second-order valence-electron chi connectivity index (χ2n) is 7.43. The van der Waals surface area contributed by atoms with Crippen molar-refractivity contribution in [2.75, 3.05) is 20.2 Å². The molecule has 22 heavy (non-hydrogen) atoms. The van der Waals surface area contributed by atoms with Crippen LogP contribution in [0.25, 0.3) is 0 Å². The van der Waals surface area contributed by atoms with Gasteiger partial charge in [-0.25, -0.2) is 0 Å². The van der Waals surface area contributed by atoms with E-state index in [9.17, 15) is 0 Å². The van der Waals surface area contributed by atoms with Crippen LogP contribution in [0, 0.1) is 5.92 Å². The predicted octanol–water partition coefficient (Wildman–Crippen LogP) is 3.94. The highest BCUT2D eigenvalue weighted by molar-refractivity contribution is 5.45. The molecule has 2 nitrogen and oxygen atoms in total. The summed E-state index contributed by atoms with van der Waals surface area (Å²) >= 11 is 0. The molecule has 0 N–H and O–H groups in total. The molecule has 2 heteroatoms. The van der Waals surface area contributed by atoms with Gasteiger partial charge in [0.2, 0.25) is 0 Å². The minimum atomic E-state index is 0.427. The van der Waals surface area contributed by atoms with Crippen LogP contribution in [-0.2, 0) is 11.8 Å². The number of fused-ring (bicyclic) bond motifs is 1. The van der Waals surface area contributed by atoms with Gasteiger partial charge in [-0.2, -0.15) is 0 Å². The lowest BCUT2D eigenvalue weighted by molar-refractivity contribution is 0.00272. The number of ether oxygens (including phenoxy) is 1. The number of benzene rings is 1. The van der Waals surface area contributed by atoms with Crippen LogP contribution < -0.4 is 4.74 Å². The minimum absolute atomic E-state index is 0.427. The van der Waals surface area contributed by atoms with Crippen molar-refractivity contribution in [1.29, 1.82) is 0 Å². The number of hydrogen-bond acceptors (Lipinski definition) is 2. The highest BCUT2D eigenvalue weighted by atomic mass is 16.5. The fourth-order valence-corrected chi connectivity index (χ4v) is 5.42. The van der Waals surface area contributed by atoms with E-state index >= 15 is 0 Å². The van der Waals surface area contributed by atoms with Crippen LogP contribution in [0.1, 0.15) is 43.2 Å². The van der Waals surface area contributed by atoms with Crippen molar-refractivity contribution in [3.63, 3.8) is 0 Å². The molecule has 4 rings (SSSR count). The average Bonchev–Trinajstić information content (AvgIpc) is 2.56. The van der Waals surface area contributed by atoms with Crippen LogP contribution in [-0.4, -0.2) is 31.1 Å². The Balaban J connectivity index is 1.78. The zero-order valence-corrected chi connectivity index (χ0v) is 13.7. The summed E-state index contributed by atoms with van der Waals surface area (Å²) in [5.41, 5.74) is 3.61. The van der Waals surface area contributed by atoms with Gasteiger partial charge < -0.3 is 9.64 Å². The predicted molar refractivity (Wildman–Crippen MR) is 90.5 cm³/mol. The molecule has 1 saturated carbocycles. The van der Waals surface area contributed by atoms with Gasteiger partial charge in [0.05, 0.1) is 0 Å². The number of likely N-dealkylation sites (tertiary alicyclic amines) is 1. The summed E-state index contributed by atoms with van der Waals surface area (Å²) in [6.07, 6.45) is 9.96. The largest absolute Gasteiger partial charge is 0.490 e. The van der Waals surface area contributed by atoms with Gasteiger partial charge >= 0.3 is 0 Å². The highest BCUT2D eigenvalue weighted by Gasteiger charge is 2.53. The zero-order chi connectivity index (χ0) is 15.2. The minimum Gasteiger partial charge on any atom is -0.490 e. The fourth-order valence-electron chi connectivity index (χ4n) is 5.42. The smallest absolute Gasteiger partial charge is 0.120 e. The van der Waals surface area contributed by atoms with Gasteiger partial charge in [0.1, 0.15) is 12.4 Å². The summed E-state index contributed by atoms with van der Waals surface area (Å²) in [7, 11) is 2.33. The Bertz CT molecular complexity index is 581. The summed E-state index contributed by atoms with van der Waals surface area (Å²) in [5, 5.41) is 0. The molecule has 2 bridgehead atoms. The number of rotatable bonds is 3. The Kier molecular flexibility index (Phi) is 3.53. The molecular formula is C20H27NO. The molecule has 1 heterocycles. The van der Waals surface area contributed by atoms with Crippen molar-refractivity contribution in [2.45, 2.75) is 50.0 Å². The lowest BCUT2D eigenvalue weighted by Crippen LogP contribution is -2.59. The molecule has 2 aliphatic carbocycles. The molecule has 0 radical (unpaired) electrons. The Morgan fingerprint density at radius 3 is 3.14 bits per heavy atom. The topological polar surface area (TPSA) is 12.5 Å². The molecule has 0 aromatic heterocycles. The van der Waals surface area contributed by atoms with Crippen molar-refractivity contribution in [3.8, 4) is 5.75 Å². The lowest BCUT2D eigenvalue weighted by atomic mass is 9.52. The molecule has 1 saturated heterocycles. The maximum atomic E-state index is 5.83. The van der Waals surface area contributed by atoms with Crippen LogP contribution in [0.5, 0.6) is 5.75 Å². The second kappa shape index (κ2) is 5.42. The van der Waals surface area contributed by atoms with Gasteiger partial charge in [0.15, 0.2) is 0 Å². The summed E-state index contributed by atoms with van der Waals surface area (Å²) in [6.45, 7) is 5.60. The first-order chi connectivity index (χ1) is 10.7. The molecule has 1 aromatic carbocycles. The molecule has 2 unspecified atom stereocenters. The third-order valence-corrected chi connectivity index (χ3v) is 6.45. The van der Waals surface area contributed by atoms with E-state index in [0.29, 0.717) is 12.0 Å². The van der Waals surface area contributed by atoms with Gasteiger partial charge in [-0.3, -0.25) is 0 Å². The number of hydrogen-bond donors (Lipinski definition) is 0. The molecule has 0 amide bonds. The van der Waals surface area contributed by atoms with E-state index in [1.165, 1.54) is 45.1 Å². The normalized spacial score (nSPS) is 33.7. The third kappa shape index (κ3) is 2.04. The molecule has 2 fully saturated rings. The van der Waals surface area contributed by atoms with Crippen LogP contribution in [0.15, 0.2) is 30.9 Å². The van der Waals surface area contributed by atoms with Crippen molar-refractivity contribution >= 4 is 0 Å². The van der Waals surface area contributed by atoms with E-state index in [-0.39, 0.29) is 0 Å².